The summed E-state index contributed by atoms with van der Waals surface area (Å²) >= 11 is 0. The normalized spacial score (nSPS) is 11.5. The van der Waals surface area contributed by atoms with E-state index in [1.54, 1.807) is 0 Å². The first-order valence-electron chi connectivity index (χ1n) is 13.6. The maximum atomic E-state index is 11.7. The monoisotopic (exact) mass is 553 g/mol. The third-order valence-corrected chi connectivity index (χ3v) is 6.80. The Morgan fingerprint density at radius 2 is 1.54 bits per heavy atom. The topological polar surface area (TPSA) is 98.0 Å². The number of carboxylic acid groups (broad SMARTS) is 2. The number of carbonyl (C=O) groups is 2. The molecule has 4 rings (SSSR count). The molecular formula is C34H35NO6. The van der Waals surface area contributed by atoms with Crippen LogP contribution in [0.5, 0.6) is 11.5 Å². The number of aryl methyl sites for hydroxylation is 2. The van der Waals surface area contributed by atoms with Crippen molar-refractivity contribution in [2.45, 2.75) is 39.7 Å². The van der Waals surface area contributed by atoms with Crippen LogP contribution in [0.2, 0.25) is 0 Å². The van der Waals surface area contributed by atoms with Gasteiger partial charge in [0.2, 0.25) is 0 Å². The van der Waals surface area contributed by atoms with Crippen LogP contribution in [0.15, 0.2) is 78.9 Å². The molecule has 1 aromatic heterocycles. The minimum Gasteiger partial charge on any atom is -0.490 e. The predicted octanol–water partition coefficient (Wildman–Crippen LogP) is 6.93. The smallest absolute Gasteiger partial charge is 0.323 e. The van der Waals surface area contributed by atoms with E-state index in [0.29, 0.717) is 26.1 Å². The summed E-state index contributed by atoms with van der Waals surface area (Å²) in [6, 6.07) is 21.6. The van der Waals surface area contributed by atoms with Crippen molar-refractivity contribution in [2.24, 2.45) is 0 Å². The molecule has 1 heterocycles. The Hall–Kier alpha value is -4.78. The fourth-order valence-electron chi connectivity index (χ4n) is 4.82. The summed E-state index contributed by atoms with van der Waals surface area (Å²) in [5.74, 6) is -0.163. The zero-order chi connectivity index (χ0) is 29.2. The van der Waals surface area contributed by atoms with Crippen molar-refractivity contribution >= 4 is 35.0 Å². The van der Waals surface area contributed by atoms with Crippen LogP contribution >= 0.6 is 0 Å². The number of nitrogens with zero attached hydrogens (tertiary/aromatic N) is 1. The Kier molecular flexibility index (Phi) is 9.99. The molecule has 0 atom stereocenters. The van der Waals surface area contributed by atoms with Gasteiger partial charge in [0.05, 0.1) is 5.52 Å². The Balaban J connectivity index is 1.41. The molecule has 2 N–H and O–H groups in total. The lowest BCUT2D eigenvalue weighted by molar-refractivity contribution is -0.138. The molecule has 0 aliphatic heterocycles. The number of aromatic nitrogens is 1. The molecule has 7 nitrogen and oxygen atoms in total. The van der Waals surface area contributed by atoms with E-state index < -0.39 is 11.9 Å². The van der Waals surface area contributed by atoms with Crippen molar-refractivity contribution < 1.29 is 29.3 Å². The van der Waals surface area contributed by atoms with Crippen molar-refractivity contribution in [2.75, 3.05) is 13.2 Å². The molecule has 0 amide bonds. The van der Waals surface area contributed by atoms with E-state index in [4.69, 9.17) is 14.6 Å². The number of fused-ring (bicyclic) bond motifs is 1. The summed E-state index contributed by atoms with van der Waals surface area (Å²) in [6.07, 6.45) is 8.96. The average Bonchev–Trinajstić information content (AvgIpc) is 3.20. The summed E-state index contributed by atoms with van der Waals surface area (Å²) in [4.78, 5) is 22.7. The summed E-state index contributed by atoms with van der Waals surface area (Å²) in [5.41, 5.74) is 5.72. The minimum atomic E-state index is -0.926. The van der Waals surface area contributed by atoms with E-state index in [1.807, 2.05) is 109 Å². The molecule has 0 fully saturated rings. The van der Waals surface area contributed by atoms with E-state index in [1.165, 1.54) is 0 Å². The Labute approximate surface area is 240 Å². The van der Waals surface area contributed by atoms with Crippen molar-refractivity contribution in [3.05, 3.63) is 107 Å². The minimum absolute atomic E-state index is 0.0725. The largest absolute Gasteiger partial charge is 0.490 e. The van der Waals surface area contributed by atoms with E-state index in [0.717, 1.165) is 50.3 Å². The first-order chi connectivity index (χ1) is 19.8. The summed E-state index contributed by atoms with van der Waals surface area (Å²) in [6.45, 7) is 4.68. The van der Waals surface area contributed by atoms with E-state index >= 15 is 0 Å². The molecular weight excluding hydrogens is 518 g/mol. The second kappa shape index (κ2) is 14.0. The molecule has 0 radical (unpaired) electrons. The van der Waals surface area contributed by atoms with E-state index in [2.05, 4.69) is 0 Å². The maximum Gasteiger partial charge on any atom is 0.323 e. The van der Waals surface area contributed by atoms with Gasteiger partial charge in [-0.05, 0) is 85.4 Å². The fraction of sp³-hybridized carbons (Fsp3) is 0.235. The van der Waals surface area contributed by atoms with Crippen LogP contribution < -0.4 is 9.47 Å². The van der Waals surface area contributed by atoms with Crippen LogP contribution in [0, 0.1) is 13.8 Å². The molecule has 0 spiro atoms. The lowest BCUT2D eigenvalue weighted by Gasteiger charge is -2.08. The highest BCUT2D eigenvalue weighted by Gasteiger charge is 2.18. The number of aliphatic carboxylic acids is 2. The zero-order valence-corrected chi connectivity index (χ0v) is 23.4. The van der Waals surface area contributed by atoms with Gasteiger partial charge < -0.3 is 24.3 Å². The van der Waals surface area contributed by atoms with Crippen molar-refractivity contribution in [1.82, 2.24) is 4.57 Å². The number of ether oxygens (including phenoxy) is 2. The molecule has 0 saturated carbocycles. The number of carboxylic acids is 2. The summed E-state index contributed by atoms with van der Waals surface area (Å²) < 4.78 is 13.3. The standard InChI is InChI=1S/C34H35NO6/c1-24-8-5-10-29(22-24)41-21-4-3-20-40-28-18-15-26(16-19-28)14-17-27-9-6-12-31-30(11-7-13-32(36)37)25(2)35(34(27)31)23-33(38)39/h3-6,8-10,12,14-19,22H,7,11,13,20-21,23H2,1-2H3,(H,36,37)(H,38,39)/b4-3+,17-14+. The van der Waals surface area contributed by atoms with Crippen molar-refractivity contribution in [3.63, 3.8) is 0 Å². The van der Waals surface area contributed by atoms with Gasteiger partial charge in [-0.2, -0.15) is 0 Å². The molecule has 3 aromatic carbocycles. The third kappa shape index (κ3) is 8.11. The molecule has 7 heteroatoms. The molecule has 0 aliphatic rings. The number of hydrogen-bond acceptors (Lipinski definition) is 4. The van der Waals surface area contributed by atoms with Gasteiger partial charge in [-0.25, -0.2) is 0 Å². The predicted molar refractivity (Wildman–Crippen MR) is 162 cm³/mol. The average molecular weight is 554 g/mol. The van der Waals surface area contributed by atoms with Gasteiger partial charge in [0.1, 0.15) is 31.3 Å². The lowest BCUT2D eigenvalue weighted by atomic mass is 10.0. The molecule has 0 saturated heterocycles. The highest BCUT2D eigenvalue weighted by atomic mass is 16.5. The zero-order valence-electron chi connectivity index (χ0n) is 23.4. The molecule has 212 valence electrons. The van der Waals surface area contributed by atoms with Crippen LogP contribution in [0.3, 0.4) is 0 Å². The number of hydrogen-bond donors (Lipinski definition) is 2. The summed E-state index contributed by atoms with van der Waals surface area (Å²) in [5, 5.41) is 19.6. The molecule has 0 bridgehead atoms. The van der Waals surface area contributed by atoms with Crippen LogP contribution in [0.4, 0.5) is 0 Å². The van der Waals surface area contributed by atoms with Crippen molar-refractivity contribution in [3.8, 4) is 11.5 Å². The van der Waals surface area contributed by atoms with Gasteiger partial charge in [0.25, 0.3) is 0 Å². The van der Waals surface area contributed by atoms with Gasteiger partial charge >= 0.3 is 11.9 Å². The highest BCUT2D eigenvalue weighted by molar-refractivity contribution is 5.95. The third-order valence-electron chi connectivity index (χ3n) is 6.80. The number of para-hydroxylation sites is 1. The van der Waals surface area contributed by atoms with Crippen LogP contribution in [0.25, 0.3) is 23.1 Å². The molecule has 0 aliphatic carbocycles. The summed E-state index contributed by atoms with van der Waals surface area (Å²) in [7, 11) is 0. The molecule has 41 heavy (non-hydrogen) atoms. The second-order valence-electron chi connectivity index (χ2n) is 9.85. The Morgan fingerprint density at radius 3 is 2.22 bits per heavy atom. The SMILES string of the molecule is Cc1cccc(OC/C=C/COc2ccc(/C=C/c3cccc4c(CCCC(=O)O)c(C)n(CC(=O)O)c34)cc2)c1. The van der Waals surface area contributed by atoms with Gasteiger partial charge in [-0.15, -0.1) is 0 Å². The highest BCUT2D eigenvalue weighted by Crippen LogP contribution is 2.31. The van der Waals surface area contributed by atoms with Gasteiger partial charge in [0, 0.05) is 17.5 Å². The molecule has 0 unspecified atom stereocenters. The van der Waals surface area contributed by atoms with Crippen LogP contribution in [-0.4, -0.2) is 39.9 Å². The van der Waals surface area contributed by atoms with Crippen molar-refractivity contribution in [1.29, 1.82) is 0 Å². The van der Waals surface area contributed by atoms with Crippen LogP contribution in [-0.2, 0) is 22.6 Å². The second-order valence-corrected chi connectivity index (χ2v) is 9.85. The van der Waals surface area contributed by atoms with Gasteiger partial charge in [0.15, 0.2) is 0 Å². The van der Waals surface area contributed by atoms with E-state index in [9.17, 15) is 14.7 Å². The van der Waals surface area contributed by atoms with Gasteiger partial charge in [-0.3, -0.25) is 9.59 Å². The molecule has 4 aromatic rings. The quantitative estimate of drug-likeness (QED) is 0.130. The Bertz CT molecular complexity index is 1560. The first-order valence-corrected chi connectivity index (χ1v) is 13.6. The Morgan fingerprint density at radius 1 is 0.829 bits per heavy atom. The fourth-order valence-corrected chi connectivity index (χ4v) is 4.82. The maximum absolute atomic E-state index is 11.7. The van der Waals surface area contributed by atoms with Crippen LogP contribution in [0.1, 0.15) is 40.8 Å². The first kappa shape index (κ1) is 29.2. The number of benzene rings is 3. The lowest BCUT2D eigenvalue weighted by Crippen LogP contribution is -2.10. The van der Waals surface area contributed by atoms with Gasteiger partial charge in [-0.1, -0.05) is 54.6 Å². The number of rotatable bonds is 14. The van der Waals surface area contributed by atoms with E-state index in [-0.39, 0.29) is 13.0 Å².